The van der Waals surface area contributed by atoms with Crippen molar-refractivity contribution in [1.82, 2.24) is 14.7 Å². The van der Waals surface area contributed by atoms with Crippen LogP contribution >= 0.6 is 0 Å². The molecule has 2 bridgehead atoms. The van der Waals surface area contributed by atoms with Crippen LogP contribution in [0.2, 0.25) is 0 Å². The lowest BCUT2D eigenvalue weighted by Crippen LogP contribution is -2.53. The standard InChI is InChI=1S/C24H35N3/c1-2-4-20(5-3-1)18-26-12-14-27(15-13-26)24-8-10-25(11-9-24)19-23-17-21-6-7-22(23)16-21/h1-7,21-24H,8-19H2/t21-,22+,23+/m1/s1. The van der Waals surface area contributed by atoms with Crippen LogP contribution in [0.25, 0.3) is 0 Å². The van der Waals surface area contributed by atoms with Crippen LogP contribution in [0.4, 0.5) is 0 Å². The average Bonchev–Trinajstić information content (AvgIpc) is 3.33. The third-order valence-electron chi connectivity index (χ3n) is 7.64. The number of hydrogen-bond donors (Lipinski definition) is 0. The highest BCUT2D eigenvalue weighted by molar-refractivity contribution is 5.14. The normalized spacial score (nSPS) is 33.1. The van der Waals surface area contributed by atoms with Gasteiger partial charge in [-0.3, -0.25) is 9.80 Å². The Labute approximate surface area is 165 Å². The maximum atomic E-state index is 2.79. The third kappa shape index (κ3) is 4.16. The Balaban J connectivity index is 1.04. The quantitative estimate of drug-likeness (QED) is 0.740. The van der Waals surface area contributed by atoms with Gasteiger partial charge in [0.25, 0.3) is 0 Å². The molecular weight excluding hydrogens is 330 g/mol. The summed E-state index contributed by atoms with van der Waals surface area (Å²) in [5, 5.41) is 0. The van der Waals surface area contributed by atoms with E-state index >= 15 is 0 Å². The topological polar surface area (TPSA) is 9.72 Å². The molecule has 5 rings (SSSR count). The third-order valence-corrected chi connectivity index (χ3v) is 7.64. The first-order chi connectivity index (χ1) is 13.3. The van der Waals surface area contributed by atoms with Gasteiger partial charge in [0.1, 0.15) is 0 Å². The molecule has 0 unspecified atom stereocenters. The molecule has 2 heterocycles. The molecule has 0 amide bonds. The molecule has 2 aliphatic heterocycles. The lowest BCUT2D eigenvalue weighted by Gasteiger charge is -2.43. The summed E-state index contributed by atoms with van der Waals surface area (Å²) in [6.45, 7) is 10.1. The summed E-state index contributed by atoms with van der Waals surface area (Å²) in [7, 11) is 0. The molecule has 27 heavy (non-hydrogen) atoms. The molecule has 0 aromatic heterocycles. The molecule has 1 aromatic carbocycles. The molecule has 3 heteroatoms. The number of hydrogen-bond acceptors (Lipinski definition) is 3. The zero-order valence-electron chi connectivity index (χ0n) is 16.7. The molecule has 0 radical (unpaired) electrons. The van der Waals surface area contributed by atoms with E-state index < -0.39 is 0 Å². The molecule has 3 fully saturated rings. The van der Waals surface area contributed by atoms with Crippen LogP contribution in [0.5, 0.6) is 0 Å². The summed E-state index contributed by atoms with van der Waals surface area (Å²) < 4.78 is 0. The molecule has 146 valence electrons. The summed E-state index contributed by atoms with van der Waals surface area (Å²) in [5.41, 5.74) is 1.45. The first kappa shape index (κ1) is 17.9. The lowest BCUT2D eigenvalue weighted by atomic mass is 9.92. The Hall–Kier alpha value is -1.16. The minimum absolute atomic E-state index is 0.833. The average molecular weight is 366 g/mol. The molecule has 0 spiro atoms. The van der Waals surface area contributed by atoms with Gasteiger partial charge in [0.05, 0.1) is 0 Å². The van der Waals surface area contributed by atoms with Crippen molar-refractivity contribution in [1.29, 1.82) is 0 Å². The zero-order valence-corrected chi connectivity index (χ0v) is 16.7. The maximum absolute atomic E-state index is 2.79. The van der Waals surface area contributed by atoms with Crippen molar-refractivity contribution in [3.05, 3.63) is 48.0 Å². The molecule has 3 atom stereocenters. The second kappa shape index (κ2) is 8.06. The van der Waals surface area contributed by atoms with Gasteiger partial charge in [0.2, 0.25) is 0 Å². The number of piperidine rings is 1. The predicted octanol–water partition coefficient (Wildman–Crippen LogP) is 3.48. The van der Waals surface area contributed by atoms with Crippen LogP contribution < -0.4 is 0 Å². The number of allylic oxidation sites excluding steroid dienone is 2. The number of nitrogens with zero attached hydrogens (tertiary/aromatic N) is 3. The van der Waals surface area contributed by atoms with Crippen LogP contribution in [-0.2, 0) is 6.54 Å². The van der Waals surface area contributed by atoms with Gasteiger partial charge in [-0.25, -0.2) is 0 Å². The predicted molar refractivity (Wildman–Crippen MR) is 112 cm³/mol. The summed E-state index contributed by atoms with van der Waals surface area (Å²) >= 11 is 0. The van der Waals surface area contributed by atoms with E-state index in [1.165, 1.54) is 77.1 Å². The Morgan fingerprint density at radius 2 is 1.56 bits per heavy atom. The Morgan fingerprint density at radius 3 is 2.22 bits per heavy atom. The number of fused-ring (bicyclic) bond motifs is 2. The fourth-order valence-corrected chi connectivity index (χ4v) is 6.03. The van der Waals surface area contributed by atoms with Gasteiger partial charge in [0, 0.05) is 45.3 Å². The smallest absolute Gasteiger partial charge is 0.0234 e. The fraction of sp³-hybridized carbons (Fsp3) is 0.667. The second-order valence-corrected chi connectivity index (χ2v) is 9.37. The largest absolute Gasteiger partial charge is 0.303 e. The van der Waals surface area contributed by atoms with Crippen molar-refractivity contribution in [2.24, 2.45) is 17.8 Å². The van der Waals surface area contributed by atoms with Crippen LogP contribution in [0, 0.1) is 17.8 Å². The van der Waals surface area contributed by atoms with E-state index in [9.17, 15) is 0 Å². The molecule has 2 aliphatic carbocycles. The summed E-state index contributed by atoms with van der Waals surface area (Å²) in [4.78, 5) is 8.20. The number of rotatable bonds is 5. The minimum Gasteiger partial charge on any atom is -0.303 e. The van der Waals surface area contributed by atoms with Crippen LogP contribution in [0.1, 0.15) is 31.2 Å². The summed E-state index contributed by atoms with van der Waals surface area (Å²) in [6, 6.07) is 11.8. The number of benzene rings is 1. The molecule has 1 aromatic rings. The van der Waals surface area contributed by atoms with Gasteiger partial charge in [-0.05, 0) is 62.1 Å². The zero-order chi connectivity index (χ0) is 18.1. The molecule has 2 saturated heterocycles. The van der Waals surface area contributed by atoms with E-state index in [0.717, 1.165) is 30.3 Å². The van der Waals surface area contributed by atoms with E-state index in [4.69, 9.17) is 0 Å². The van der Waals surface area contributed by atoms with Gasteiger partial charge in [0.15, 0.2) is 0 Å². The summed E-state index contributed by atoms with van der Waals surface area (Å²) in [6.07, 6.45) is 10.7. The van der Waals surface area contributed by atoms with Gasteiger partial charge < -0.3 is 4.90 Å². The van der Waals surface area contributed by atoms with E-state index in [2.05, 4.69) is 57.2 Å². The maximum Gasteiger partial charge on any atom is 0.0234 e. The van der Waals surface area contributed by atoms with Crippen molar-refractivity contribution < 1.29 is 0 Å². The first-order valence-corrected chi connectivity index (χ1v) is 11.2. The van der Waals surface area contributed by atoms with Gasteiger partial charge in [-0.2, -0.15) is 0 Å². The van der Waals surface area contributed by atoms with Crippen LogP contribution in [0.3, 0.4) is 0 Å². The number of likely N-dealkylation sites (tertiary alicyclic amines) is 1. The van der Waals surface area contributed by atoms with Crippen molar-refractivity contribution in [2.75, 3.05) is 45.8 Å². The first-order valence-electron chi connectivity index (χ1n) is 11.2. The molecule has 3 nitrogen and oxygen atoms in total. The lowest BCUT2D eigenvalue weighted by molar-refractivity contribution is 0.0520. The number of piperazine rings is 1. The Bertz CT molecular complexity index is 626. The van der Waals surface area contributed by atoms with Gasteiger partial charge >= 0.3 is 0 Å². The molecule has 4 aliphatic rings. The minimum atomic E-state index is 0.833. The summed E-state index contributed by atoms with van der Waals surface area (Å²) in [5.74, 6) is 2.79. The monoisotopic (exact) mass is 365 g/mol. The highest BCUT2D eigenvalue weighted by Gasteiger charge is 2.37. The Morgan fingerprint density at radius 1 is 0.778 bits per heavy atom. The SMILES string of the molecule is C1=C[C@H]2C[C@@H]1C[C@H]2CN1CCC(N2CCN(Cc3ccccc3)CC2)CC1. The van der Waals surface area contributed by atoms with Crippen LogP contribution in [-0.4, -0.2) is 66.6 Å². The molecule has 1 saturated carbocycles. The van der Waals surface area contributed by atoms with Crippen molar-refractivity contribution in [2.45, 2.75) is 38.3 Å². The van der Waals surface area contributed by atoms with E-state index in [1.54, 1.807) is 0 Å². The van der Waals surface area contributed by atoms with Gasteiger partial charge in [-0.15, -0.1) is 0 Å². The van der Waals surface area contributed by atoms with Crippen molar-refractivity contribution in [3.63, 3.8) is 0 Å². The van der Waals surface area contributed by atoms with E-state index in [1.807, 2.05) is 0 Å². The van der Waals surface area contributed by atoms with Crippen LogP contribution in [0.15, 0.2) is 42.5 Å². The highest BCUT2D eigenvalue weighted by Crippen LogP contribution is 2.43. The highest BCUT2D eigenvalue weighted by atomic mass is 15.3. The Kier molecular flexibility index (Phi) is 5.35. The molecule has 0 N–H and O–H groups in total. The second-order valence-electron chi connectivity index (χ2n) is 9.37. The van der Waals surface area contributed by atoms with Crippen molar-refractivity contribution in [3.8, 4) is 0 Å². The fourth-order valence-electron chi connectivity index (χ4n) is 6.03. The van der Waals surface area contributed by atoms with Crippen molar-refractivity contribution >= 4 is 0 Å². The molecular formula is C24H35N3. The van der Waals surface area contributed by atoms with Gasteiger partial charge in [-0.1, -0.05) is 42.5 Å². The van der Waals surface area contributed by atoms with E-state index in [-0.39, 0.29) is 0 Å². The van der Waals surface area contributed by atoms with E-state index in [0.29, 0.717) is 0 Å².